The molecular weight excluding hydrogens is 336 g/mol. The number of amides is 1. The molecule has 1 saturated heterocycles. The predicted octanol–water partition coefficient (Wildman–Crippen LogP) is 0.934. The summed E-state index contributed by atoms with van der Waals surface area (Å²) in [7, 11) is 1.65. The van der Waals surface area contributed by atoms with E-state index >= 15 is 0 Å². The number of nitrogens with zero attached hydrogens (tertiary/aromatic N) is 4. The van der Waals surface area contributed by atoms with Crippen LogP contribution in [0.5, 0.6) is 5.75 Å². The second kappa shape index (κ2) is 8.01. The van der Waals surface area contributed by atoms with Gasteiger partial charge in [0.1, 0.15) is 18.0 Å². The van der Waals surface area contributed by atoms with Crippen LogP contribution in [0.3, 0.4) is 0 Å². The Kier molecular flexibility index (Phi) is 5.52. The molecule has 0 radical (unpaired) electrons. The van der Waals surface area contributed by atoms with E-state index in [0.29, 0.717) is 13.1 Å². The summed E-state index contributed by atoms with van der Waals surface area (Å²) >= 11 is 0. The fraction of sp³-hybridized carbons (Fsp3) is 0.389. The number of methoxy groups -OCH3 is 1. The summed E-state index contributed by atoms with van der Waals surface area (Å²) in [4.78, 5) is 27.3. The molecule has 1 aliphatic rings. The average Bonchev–Trinajstić information content (AvgIpc) is 3.10. The zero-order valence-corrected chi connectivity index (χ0v) is 14.7. The average molecular weight is 358 g/mol. The Hall–Kier alpha value is -2.87. The molecule has 1 aromatic heterocycles. The summed E-state index contributed by atoms with van der Waals surface area (Å²) in [5.74, 6) is -0.302. The highest BCUT2D eigenvalue weighted by atomic mass is 16.5. The lowest BCUT2D eigenvalue weighted by Gasteiger charge is -2.34. The van der Waals surface area contributed by atoms with Crippen molar-refractivity contribution in [1.82, 2.24) is 19.6 Å². The zero-order chi connectivity index (χ0) is 18.5. The number of carboxylic acids is 1. The third kappa shape index (κ3) is 4.40. The number of ether oxygens (including phenoxy) is 1. The first-order valence-corrected chi connectivity index (χ1v) is 8.45. The van der Waals surface area contributed by atoms with E-state index in [-0.39, 0.29) is 18.1 Å². The lowest BCUT2D eigenvalue weighted by molar-refractivity contribution is -0.137. The van der Waals surface area contributed by atoms with Gasteiger partial charge in [-0.25, -0.2) is 0 Å². The summed E-state index contributed by atoms with van der Waals surface area (Å²) < 4.78 is 6.43. The number of aliphatic carboxylic acids is 1. The van der Waals surface area contributed by atoms with Crippen molar-refractivity contribution < 1.29 is 19.4 Å². The largest absolute Gasteiger partial charge is 0.497 e. The molecular formula is C18H22N4O4. The summed E-state index contributed by atoms with van der Waals surface area (Å²) in [5.41, 5.74) is 1.49. The van der Waals surface area contributed by atoms with E-state index in [1.807, 2.05) is 24.3 Å². The molecule has 1 aliphatic heterocycles. The second-order valence-corrected chi connectivity index (χ2v) is 6.21. The van der Waals surface area contributed by atoms with E-state index in [2.05, 4.69) is 10.00 Å². The van der Waals surface area contributed by atoms with Crippen LogP contribution < -0.4 is 4.74 Å². The summed E-state index contributed by atoms with van der Waals surface area (Å²) in [6.45, 7) is 3.41. The molecule has 0 spiro atoms. The standard InChI is InChI=1S/C18H22N4O4/c1-26-15-4-2-14(3-5-15)12-20-8-10-21(11-9-20)18(25)16-6-7-22(19-16)13-17(23)24/h2-7H,8-13H2,1H3,(H,23,24). The molecule has 0 saturated carbocycles. The summed E-state index contributed by atoms with van der Waals surface area (Å²) in [6, 6.07) is 9.55. The van der Waals surface area contributed by atoms with Crippen molar-refractivity contribution >= 4 is 11.9 Å². The normalized spacial score (nSPS) is 15.0. The van der Waals surface area contributed by atoms with Gasteiger partial charge in [-0.05, 0) is 23.8 Å². The van der Waals surface area contributed by atoms with E-state index in [0.717, 1.165) is 25.4 Å². The van der Waals surface area contributed by atoms with Gasteiger partial charge in [-0.2, -0.15) is 5.10 Å². The minimum atomic E-state index is -0.987. The first-order valence-electron chi connectivity index (χ1n) is 8.45. The maximum atomic E-state index is 12.5. The number of hydrogen-bond acceptors (Lipinski definition) is 5. The minimum Gasteiger partial charge on any atom is -0.497 e. The van der Waals surface area contributed by atoms with Gasteiger partial charge in [0.2, 0.25) is 0 Å². The molecule has 0 aliphatic carbocycles. The van der Waals surface area contributed by atoms with Crippen molar-refractivity contribution in [1.29, 1.82) is 0 Å². The lowest BCUT2D eigenvalue weighted by atomic mass is 10.2. The molecule has 2 aromatic rings. The minimum absolute atomic E-state index is 0.154. The molecule has 8 heteroatoms. The highest BCUT2D eigenvalue weighted by molar-refractivity contribution is 5.92. The molecule has 0 bridgehead atoms. The number of carbonyl (C=O) groups is 2. The van der Waals surface area contributed by atoms with Crippen LogP contribution in [-0.4, -0.2) is 69.9 Å². The lowest BCUT2D eigenvalue weighted by Crippen LogP contribution is -2.48. The van der Waals surface area contributed by atoms with E-state index in [9.17, 15) is 9.59 Å². The maximum Gasteiger partial charge on any atom is 0.325 e. The molecule has 1 fully saturated rings. The molecule has 2 heterocycles. The fourth-order valence-corrected chi connectivity index (χ4v) is 2.96. The number of aromatic nitrogens is 2. The number of carbonyl (C=O) groups excluding carboxylic acids is 1. The van der Waals surface area contributed by atoms with Gasteiger partial charge in [0.05, 0.1) is 7.11 Å². The molecule has 138 valence electrons. The first kappa shape index (κ1) is 17.9. The van der Waals surface area contributed by atoms with Crippen LogP contribution in [0, 0.1) is 0 Å². The van der Waals surface area contributed by atoms with Gasteiger partial charge >= 0.3 is 5.97 Å². The Morgan fingerprint density at radius 3 is 2.42 bits per heavy atom. The Morgan fingerprint density at radius 2 is 1.81 bits per heavy atom. The molecule has 26 heavy (non-hydrogen) atoms. The van der Waals surface area contributed by atoms with Crippen LogP contribution in [-0.2, 0) is 17.9 Å². The van der Waals surface area contributed by atoms with Crippen molar-refractivity contribution in [2.24, 2.45) is 0 Å². The Balaban J connectivity index is 1.51. The van der Waals surface area contributed by atoms with Gasteiger partial charge < -0.3 is 14.7 Å². The molecule has 8 nitrogen and oxygen atoms in total. The van der Waals surface area contributed by atoms with Crippen LogP contribution in [0.2, 0.25) is 0 Å². The SMILES string of the molecule is COc1ccc(CN2CCN(C(=O)c3ccn(CC(=O)O)n3)CC2)cc1. The Morgan fingerprint density at radius 1 is 1.12 bits per heavy atom. The fourth-order valence-electron chi connectivity index (χ4n) is 2.96. The Labute approximate surface area is 151 Å². The van der Waals surface area contributed by atoms with Crippen molar-refractivity contribution in [3.63, 3.8) is 0 Å². The number of benzene rings is 1. The predicted molar refractivity (Wildman–Crippen MR) is 94.0 cm³/mol. The summed E-state index contributed by atoms with van der Waals surface area (Å²) in [6.07, 6.45) is 1.52. The number of rotatable bonds is 6. The molecule has 1 aromatic carbocycles. The molecule has 0 atom stereocenters. The van der Waals surface area contributed by atoms with Crippen molar-refractivity contribution in [3.05, 3.63) is 47.8 Å². The van der Waals surface area contributed by atoms with Crippen LogP contribution in [0.15, 0.2) is 36.5 Å². The monoisotopic (exact) mass is 358 g/mol. The smallest absolute Gasteiger partial charge is 0.325 e. The van der Waals surface area contributed by atoms with Gasteiger partial charge in [-0.15, -0.1) is 0 Å². The highest BCUT2D eigenvalue weighted by Crippen LogP contribution is 2.15. The first-order chi connectivity index (χ1) is 12.5. The van der Waals surface area contributed by atoms with E-state index in [4.69, 9.17) is 9.84 Å². The molecule has 1 amide bonds. The third-order valence-corrected chi connectivity index (χ3v) is 4.38. The topological polar surface area (TPSA) is 87.9 Å². The Bertz CT molecular complexity index is 764. The van der Waals surface area contributed by atoms with Crippen LogP contribution in [0.1, 0.15) is 16.1 Å². The van der Waals surface area contributed by atoms with Crippen molar-refractivity contribution in [2.75, 3.05) is 33.3 Å². The molecule has 0 unspecified atom stereocenters. The van der Waals surface area contributed by atoms with E-state index in [1.165, 1.54) is 16.4 Å². The third-order valence-electron chi connectivity index (χ3n) is 4.38. The van der Waals surface area contributed by atoms with E-state index in [1.54, 1.807) is 18.1 Å². The van der Waals surface area contributed by atoms with Gasteiger partial charge in [-0.1, -0.05) is 12.1 Å². The zero-order valence-electron chi connectivity index (χ0n) is 14.7. The van der Waals surface area contributed by atoms with Gasteiger partial charge in [0.25, 0.3) is 5.91 Å². The molecule has 3 rings (SSSR count). The number of piperazine rings is 1. The maximum absolute atomic E-state index is 12.5. The van der Waals surface area contributed by atoms with Crippen LogP contribution >= 0.6 is 0 Å². The summed E-state index contributed by atoms with van der Waals surface area (Å²) in [5, 5.41) is 12.8. The van der Waals surface area contributed by atoms with Crippen LogP contribution in [0.25, 0.3) is 0 Å². The van der Waals surface area contributed by atoms with Gasteiger partial charge in [0.15, 0.2) is 0 Å². The highest BCUT2D eigenvalue weighted by Gasteiger charge is 2.23. The van der Waals surface area contributed by atoms with Crippen LogP contribution in [0.4, 0.5) is 0 Å². The van der Waals surface area contributed by atoms with Crippen molar-refractivity contribution in [2.45, 2.75) is 13.1 Å². The van der Waals surface area contributed by atoms with Gasteiger partial charge in [0, 0.05) is 38.9 Å². The second-order valence-electron chi connectivity index (χ2n) is 6.21. The molecule has 1 N–H and O–H groups in total. The number of hydrogen-bond donors (Lipinski definition) is 1. The van der Waals surface area contributed by atoms with Gasteiger partial charge in [-0.3, -0.25) is 19.2 Å². The quantitative estimate of drug-likeness (QED) is 0.827. The number of carboxylic acid groups (broad SMARTS) is 1. The van der Waals surface area contributed by atoms with Crippen molar-refractivity contribution in [3.8, 4) is 5.75 Å². The van der Waals surface area contributed by atoms with E-state index < -0.39 is 5.97 Å².